The molecule has 2 nitrogen and oxygen atoms in total. The Bertz CT molecular complexity index is 278. The van der Waals surface area contributed by atoms with Crippen LogP contribution in [0.1, 0.15) is 19.8 Å². The number of aromatic nitrogens is 1. The standard InChI is InChI=1S/C9H12BrClN2/c1-2-3-4-12-7-5-8(10)9(11)13-6-7/h5-6,12H,2-4H2,1H3. The number of hydrogen-bond donors (Lipinski definition) is 1. The van der Waals surface area contributed by atoms with Crippen molar-refractivity contribution >= 4 is 33.2 Å². The maximum absolute atomic E-state index is 5.76. The fourth-order valence-corrected chi connectivity index (χ4v) is 1.38. The molecule has 0 aliphatic rings. The molecule has 0 unspecified atom stereocenters. The number of anilines is 1. The Kier molecular flexibility index (Phi) is 4.53. The monoisotopic (exact) mass is 262 g/mol. The average Bonchev–Trinajstić information content (AvgIpc) is 2.12. The highest BCUT2D eigenvalue weighted by molar-refractivity contribution is 9.10. The first-order valence-corrected chi connectivity index (χ1v) is 5.46. The zero-order valence-electron chi connectivity index (χ0n) is 7.48. The Morgan fingerprint density at radius 1 is 1.62 bits per heavy atom. The molecule has 0 spiro atoms. The van der Waals surface area contributed by atoms with Crippen molar-refractivity contribution in [2.45, 2.75) is 19.8 Å². The molecule has 0 radical (unpaired) electrons. The normalized spacial score (nSPS) is 10.1. The van der Waals surface area contributed by atoms with E-state index < -0.39 is 0 Å². The highest BCUT2D eigenvalue weighted by atomic mass is 79.9. The molecule has 1 N–H and O–H groups in total. The summed E-state index contributed by atoms with van der Waals surface area (Å²) in [6.07, 6.45) is 4.10. The summed E-state index contributed by atoms with van der Waals surface area (Å²) in [6, 6.07) is 1.94. The van der Waals surface area contributed by atoms with E-state index in [1.54, 1.807) is 6.20 Å². The smallest absolute Gasteiger partial charge is 0.143 e. The third-order valence-electron chi connectivity index (χ3n) is 1.66. The molecule has 4 heteroatoms. The SMILES string of the molecule is CCCCNc1cnc(Cl)c(Br)c1. The molecule has 0 atom stereocenters. The van der Waals surface area contributed by atoms with Gasteiger partial charge in [0, 0.05) is 6.54 Å². The minimum atomic E-state index is 0.501. The number of pyridine rings is 1. The van der Waals surface area contributed by atoms with E-state index >= 15 is 0 Å². The lowest BCUT2D eigenvalue weighted by Gasteiger charge is -2.05. The van der Waals surface area contributed by atoms with E-state index in [0.717, 1.165) is 16.7 Å². The maximum atomic E-state index is 5.76. The Hall–Kier alpha value is -0.280. The first-order valence-electron chi connectivity index (χ1n) is 4.29. The minimum absolute atomic E-state index is 0.501. The summed E-state index contributed by atoms with van der Waals surface area (Å²) < 4.78 is 0.829. The largest absolute Gasteiger partial charge is 0.384 e. The van der Waals surface area contributed by atoms with Crippen LogP contribution in [0.4, 0.5) is 5.69 Å². The van der Waals surface area contributed by atoms with E-state index in [2.05, 4.69) is 33.2 Å². The van der Waals surface area contributed by atoms with Crippen LogP contribution in [0.25, 0.3) is 0 Å². The molecule has 0 aliphatic heterocycles. The third kappa shape index (κ3) is 3.53. The molecule has 1 aromatic heterocycles. The van der Waals surface area contributed by atoms with Crippen LogP contribution in [0.3, 0.4) is 0 Å². The molecule has 0 bridgehead atoms. The summed E-state index contributed by atoms with van der Waals surface area (Å²) in [7, 11) is 0. The molecule has 0 fully saturated rings. The van der Waals surface area contributed by atoms with Gasteiger partial charge >= 0.3 is 0 Å². The van der Waals surface area contributed by atoms with Crippen molar-refractivity contribution in [1.29, 1.82) is 0 Å². The zero-order chi connectivity index (χ0) is 9.68. The second-order valence-electron chi connectivity index (χ2n) is 2.78. The van der Waals surface area contributed by atoms with E-state index in [1.165, 1.54) is 12.8 Å². The van der Waals surface area contributed by atoms with Crippen molar-refractivity contribution in [2.75, 3.05) is 11.9 Å². The number of unbranched alkanes of at least 4 members (excludes halogenated alkanes) is 1. The van der Waals surface area contributed by atoms with E-state index in [1.807, 2.05) is 6.07 Å². The van der Waals surface area contributed by atoms with Crippen LogP contribution in [-0.4, -0.2) is 11.5 Å². The summed E-state index contributed by atoms with van der Waals surface area (Å²) in [5.74, 6) is 0. The fourth-order valence-electron chi connectivity index (χ4n) is 0.927. The Balaban J connectivity index is 2.53. The molecule has 1 heterocycles. The molecule has 0 aliphatic carbocycles. The number of rotatable bonds is 4. The van der Waals surface area contributed by atoms with Crippen LogP contribution in [0.2, 0.25) is 5.15 Å². The van der Waals surface area contributed by atoms with Crippen molar-refractivity contribution in [3.8, 4) is 0 Å². The van der Waals surface area contributed by atoms with Crippen LogP contribution < -0.4 is 5.32 Å². The predicted octanol–water partition coefficient (Wildman–Crippen LogP) is 3.71. The van der Waals surface area contributed by atoms with Gasteiger partial charge in [0.05, 0.1) is 16.4 Å². The lowest BCUT2D eigenvalue weighted by molar-refractivity contribution is 0.834. The van der Waals surface area contributed by atoms with Gasteiger partial charge in [-0.05, 0) is 28.4 Å². The van der Waals surface area contributed by atoms with Crippen molar-refractivity contribution < 1.29 is 0 Å². The van der Waals surface area contributed by atoms with Gasteiger partial charge in [0.25, 0.3) is 0 Å². The van der Waals surface area contributed by atoms with Gasteiger partial charge in [0.1, 0.15) is 5.15 Å². The highest BCUT2D eigenvalue weighted by Gasteiger charge is 1.98. The molecule has 0 saturated heterocycles. The van der Waals surface area contributed by atoms with Crippen molar-refractivity contribution in [2.24, 2.45) is 0 Å². The van der Waals surface area contributed by atoms with Gasteiger partial charge in [0.2, 0.25) is 0 Å². The average molecular weight is 264 g/mol. The molecule has 1 aromatic rings. The Morgan fingerprint density at radius 3 is 3.00 bits per heavy atom. The lowest BCUT2D eigenvalue weighted by Crippen LogP contribution is -2.01. The second kappa shape index (κ2) is 5.45. The lowest BCUT2D eigenvalue weighted by atomic mass is 10.3. The fraction of sp³-hybridized carbons (Fsp3) is 0.444. The maximum Gasteiger partial charge on any atom is 0.143 e. The minimum Gasteiger partial charge on any atom is -0.384 e. The van der Waals surface area contributed by atoms with E-state index in [9.17, 15) is 0 Å². The number of nitrogens with zero attached hydrogens (tertiary/aromatic N) is 1. The van der Waals surface area contributed by atoms with Gasteiger partial charge in [-0.3, -0.25) is 0 Å². The topological polar surface area (TPSA) is 24.9 Å². The van der Waals surface area contributed by atoms with Crippen molar-refractivity contribution in [3.63, 3.8) is 0 Å². The zero-order valence-corrected chi connectivity index (χ0v) is 9.82. The van der Waals surface area contributed by atoms with Gasteiger partial charge in [-0.1, -0.05) is 24.9 Å². The number of nitrogens with one attached hydrogen (secondary N) is 1. The molecular formula is C9H12BrClN2. The summed E-state index contributed by atoms with van der Waals surface area (Å²) >= 11 is 9.08. The van der Waals surface area contributed by atoms with Crippen LogP contribution in [0.5, 0.6) is 0 Å². The third-order valence-corrected chi connectivity index (χ3v) is 2.79. The van der Waals surface area contributed by atoms with Crippen LogP contribution >= 0.6 is 27.5 Å². The van der Waals surface area contributed by atoms with Gasteiger partial charge < -0.3 is 5.32 Å². The molecule has 0 amide bonds. The first kappa shape index (κ1) is 10.8. The van der Waals surface area contributed by atoms with E-state index in [0.29, 0.717) is 5.15 Å². The Morgan fingerprint density at radius 2 is 2.38 bits per heavy atom. The van der Waals surface area contributed by atoms with Gasteiger partial charge in [-0.15, -0.1) is 0 Å². The first-order chi connectivity index (χ1) is 6.24. The van der Waals surface area contributed by atoms with Crippen LogP contribution in [-0.2, 0) is 0 Å². The summed E-state index contributed by atoms with van der Waals surface area (Å²) in [5.41, 5.74) is 1.00. The van der Waals surface area contributed by atoms with Gasteiger partial charge in [-0.25, -0.2) is 4.98 Å². The summed E-state index contributed by atoms with van der Waals surface area (Å²) in [5, 5.41) is 3.76. The van der Waals surface area contributed by atoms with Crippen molar-refractivity contribution in [1.82, 2.24) is 4.98 Å². The number of halogens is 2. The Labute approximate surface area is 91.8 Å². The summed E-state index contributed by atoms with van der Waals surface area (Å²) in [6.45, 7) is 3.14. The predicted molar refractivity (Wildman–Crippen MR) is 60.3 cm³/mol. The molecule has 72 valence electrons. The molecule has 1 rings (SSSR count). The van der Waals surface area contributed by atoms with Crippen LogP contribution in [0.15, 0.2) is 16.7 Å². The molecule has 0 aromatic carbocycles. The van der Waals surface area contributed by atoms with E-state index in [-0.39, 0.29) is 0 Å². The second-order valence-corrected chi connectivity index (χ2v) is 3.99. The van der Waals surface area contributed by atoms with Gasteiger partial charge in [-0.2, -0.15) is 0 Å². The quantitative estimate of drug-likeness (QED) is 0.662. The molecule has 13 heavy (non-hydrogen) atoms. The molecular weight excluding hydrogens is 251 g/mol. The number of hydrogen-bond acceptors (Lipinski definition) is 2. The molecule has 0 saturated carbocycles. The van der Waals surface area contributed by atoms with Crippen LogP contribution in [0, 0.1) is 0 Å². The van der Waals surface area contributed by atoms with Crippen molar-refractivity contribution in [3.05, 3.63) is 21.9 Å². The van der Waals surface area contributed by atoms with Gasteiger partial charge in [0.15, 0.2) is 0 Å². The summed E-state index contributed by atoms with van der Waals surface area (Å²) in [4.78, 5) is 4.01. The van der Waals surface area contributed by atoms with E-state index in [4.69, 9.17) is 11.6 Å². The highest BCUT2D eigenvalue weighted by Crippen LogP contribution is 2.22.